The van der Waals surface area contributed by atoms with Crippen LogP contribution in [0.4, 0.5) is 0 Å². The molecule has 2 N–H and O–H groups in total. The molecule has 21 heavy (non-hydrogen) atoms. The van der Waals surface area contributed by atoms with Crippen LogP contribution in [0.1, 0.15) is 25.1 Å². The standard InChI is InChI=1S/C14H14N4O2S/c1-14(2)4-9-7(5-20-14)3-8-10-11(21-12(8)17-9)13(19)18(15)6-16-10/h3,6H,4-5,15H2,1-2H3. The highest BCUT2D eigenvalue weighted by atomic mass is 32.1. The number of nitrogens with two attached hydrogens (primary N) is 1. The van der Waals surface area contributed by atoms with Gasteiger partial charge in [0.2, 0.25) is 0 Å². The molecule has 0 saturated heterocycles. The molecule has 0 amide bonds. The van der Waals surface area contributed by atoms with Crippen LogP contribution in [-0.2, 0) is 17.8 Å². The normalized spacial score (nSPS) is 17.2. The summed E-state index contributed by atoms with van der Waals surface area (Å²) in [5.41, 5.74) is 2.34. The summed E-state index contributed by atoms with van der Waals surface area (Å²) in [4.78, 5) is 21.9. The van der Waals surface area contributed by atoms with Crippen molar-refractivity contribution < 1.29 is 4.74 Å². The Labute approximate surface area is 124 Å². The highest BCUT2D eigenvalue weighted by molar-refractivity contribution is 7.25. The Balaban J connectivity index is 2.04. The van der Waals surface area contributed by atoms with Crippen LogP contribution >= 0.6 is 11.3 Å². The maximum atomic E-state index is 12.1. The molecule has 1 aliphatic rings. The van der Waals surface area contributed by atoms with Crippen molar-refractivity contribution in [3.05, 3.63) is 34.0 Å². The molecule has 0 aliphatic carbocycles. The molecule has 1 aliphatic heterocycles. The highest BCUT2D eigenvalue weighted by Crippen LogP contribution is 2.34. The van der Waals surface area contributed by atoms with E-state index < -0.39 is 0 Å². The predicted octanol–water partition coefficient (Wildman–Crippen LogP) is 1.57. The second-order valence-corrected chi connectivity index (χ2v) is 6.91. The van der Waals surface area contributed by atoms with Gasteiger partial charge >= 0.3 is 0 Å². The summed E-state index contributed by atoms with van der Waals surface area (Å²) in [7, 11) is 0. The number of hydrogen-bond acceptors (Lipinski definition) is 6. The summed E-state index contributed by atoms with van der Waals surface area (Å²) < 4.78 is 7.38. The molecule has 0 saturated carbocycles. The van der Waals surface area contributed by atoms with Gasteiger partial charge in [0.15, 0.2) is 0 Å². The van der Waals surface area contributed by atoms with Crippen molar-refractivity contribution in [1.82, 2.24) is 14.6 Å². The van der Waals surface area contributed by atoms with Gasteiger partial charge in [0.1, 0.15) is 15.9 Å². The van der Waals surface area contributed by atoms with E-state index in [1.54, 1.807) is 0 Å². The van der Waals surface area contributed by atoms with Crippen LogP contribution in [0, 0.1) is 0 Å². The van der Waals surface area contributed by atoms with E-state index >= 15 is 0 Å². The first-order valence-corrected chi connectivity index (χ1v) is 7.48. The minimum Gasteiger partial charge on any atom is -0.370 e. The molecule has 6 nitrogen and oxygen atoms in total. The van der Waals surface area contributed by atoms with Gasteiger partial charge in [-0.2, -0.15) is 0 Å². The Bertz CT molecular complexity index is 941. The van der Waals surface area contributed by atoms with E-state index in [0.717, 1.165) is 32.6 Å². The number of nitrogen functional groups attached to an aromatic ring is 1. The van der Waals surface area contributed by atoms with Crippen LogP contribution in [-0.4, -0.2) is 20.2 Å². The van der Waals surface area contributed by atoms with Gasteiger partial charge in [0.05, 0.1) is 23.4 Å². The summed E-state index contributed by atoms with van der Waals surface area (Å²) in [5, 5.41) is 0.898. The fourth-order valence-electron chi connectivity index (χ4n) is 2.66. The van der Waals surface area contributed by atoms with Crippen molar-refractivity contribution >= 4 is 31.8 Å². The van der Waals surface area contributed by atoms with Crippen LogP contribution in [0.2, 0.25) is 0 Å². The van der Waals surface area contributed by atoms with Crippen LogP contribution < -0.4 is 11.4 Å². The van der Waals surface area contributed by atoms with E-state index in [0.29, 0.717) is 16.8 Å². The van der Waals surface area contributed by atoms with E-state index in [1.807, 2.05) is 6.07 Å². The Kier molecular flexibility index (Phi) is 2.44. The topological polar surface area (TPSA) is 83.0 Å². The van der Waals surface area contributed by atoms with Gasteiger partial charge in [-0.15, -0.1) is 11.3 Å². The molecular weight excluding hydrogens is 288 g/mol. The first-order valence-electron chi connectivity index (χ1n) is 6.66. The number of ether oxygens (including phenoxy) is 1. The Morgan fingerprint density at radius 2 is 2.29 bits per heavy atom. The minimum absolute atomic E-state index is 0.202. The molecule has 0 atom stereocenters. The predicted molar refractivity (Wildman–Crippen MR) is 81.9 cm³/mol. The van der Waals surface area contributed by atoms with Gasteiger partial charge in [-0.3, -0.25) is 4.79 Å². The number of fused-ring (bicyclic) bond motifs is 4. The van der Waals surface area contributed by atoms with Gasteiger partial charge in [0.25, 0.3) is 5.56 Å². The monoisotopic (exact) mass is 302 g/mol. The summed E-state index contributed by atoms with van der Waals surface area (Å²) in [5.74, 6) is 5.57. The third-order valence-corrected chi connectivity index (χ3v) is 4.85. The van der Waals surface area contributed by atoms with Crippen LogP contribution in [0.3, 0.4) is 0 Å². The second kappa shape index (κ2) is 4.02. The van der Waals surface area contributed by atoms with Crippen molar-refractivity contribution in [3.8, 4) is 0 Å². The fourth-order valence-corrected chi connectivity index (χ4v) is 3.72. The van der Waals surface area contributed by atoms with Gasteiger partial charge in [-0.05, 0) is 19.9 Å². The smallest absolute Gasteiger partial charge is 0.289 e. The zero-order valence-corrected chi connectivity index (χ0v) is 12.5. The molecule has 0 spiro atoms. The van der Waals surface area contributed by atoms with Crippen molar-refractivity contribution in [1.29, 1.82) is 0 Å². The lowest BCUT2D eigenvalue weighted by atomic mass is 9.95. The number of hydrogen-bond donors (Lipinski definition) is 1. The minimum atomic E-state index is -0.238. The quantitative estimate of drug-likeness (QED) is 0.637. The number of rotatable bonds is 0. The van der Waals surface area contributed by atoms with Crippen molar-refractivity contribution in [3.63, 3.8) is 0 Å². The van der Waals surface area contributed by atoms with E-state index in [-0.39, 0.29) is 11.2 Å². The van der Waals surface area contributed by atoms with Gasteiger partial charge in [-0.1, -0.05) is 0 Å². The number of pyridine rings is 1. The molecule has 0 radical (unpaired) electrons. The van der Waals surface area contributed by atoms with Crippen LogP contribution in [0.25, 0.3) is 20.4 Å². The molecule has 7 heteroatoms. The van der Waals surface area contributed by atoms with E-state index in [9.17, 15) is 4.79 Å². The highest BCUT2D eigenvalue weighted by Gasteiger charge is 2.28. The fraction of sp³-hybridized carbons (Fsp3) is 0.357. The van der Waals surface area contributed by atoms with E-state index in [4.69, 9.17) is 15.6 Å². The van der Waals surface area contributed by atoms with Crippen LogP contribution in [0.15, 0.2) is 17.2 Å². The Morgan fingerprint density at radius 1 is 1.48 bits per heavy atom. The van der Waals surface area contributed by atoms with Gasteiger partial charge in [-0.25, -0.2) is 14.6 Å². The zero-order chi connectivity index (χ0) is 14.8. The molecular formula is C14H14N4O2S. The summed E-state index contributed by atoms with van der Waals surface area (Å²) in [6.45, 7) is 4.65. The molecule has 4 rings (SSSR count). The van der Waals surface area contributed by atoms with E-state index in [1.165, 1.54) is 17.7 Å². The number of nitrogens with zero attached hydrogens (tertiary/aromatic N) is 3. The lowest BCUT2D eigenvalue weighted by Gasteiger charge is -2.30. The molecule has 3 aromatic heterocycles. The molecule has 108 valence electrons. The van der Waals surface area contributed by atoms with Crippen molar-refractivity contribution in [2.75, 3.05) is 5.84 Å². The molecule has 0 fully saturated rings. The molecule has 4 heterocycles. The Morgan fingerprint density at radius 3 is 3.10 bits per heavy atom. The Hall–Kier alpha value is -1.99. The lowest BCUT2D eigenvalue weighted by Crippen LogP contribution is -2.32. The van der Waals surface area contributed by atoms with E-state index in [2.05, 4.69) is 18.8 Å². The molecule has 3 aromatic rings. The average Bonchev–Trinajstić information content (AvgIpc) is 2.78. The maximum Gasteiger partial charge on any atom is 0.289 e. The van der Waals surface area contributed by atoms with Gasteiger partial charge < -0.3 is 10.6 Å². The molecule has 0 bridgehead atoms. The molecule has 0 aromatic carbocycles. The van der Waals surface area contributed by atoms with Crippen molar-refractivity contribution in [2.45, 2.75) is 32.5 Å². The summed E-state index contributed by atoms with van der Waals surface area (Å²) >= 11 is 1.35. The third-order valence-electron chi connectivity index (χ3n) is 3.78. The number of aromatic nitrogens is 3. The second-order valence-electron chi connectivity index (χ2n) is 5.91. The lowest BCUT2D eigenvalue weighted by molar-refractivity contribution is -0.0411. The summed E-state index contributed by atoms with van der Waals surface area (Å²) in [6.07, 6.45) is 2.11. The maximum absolute atomic E-state index is 12.1. The van der Waals surface area contributed by atoms with Gasteiger partial charge in [0, 0.05) is 17.4 Å². The zero-order valence-electron chi connectivity index (χ0n) is 11.7. The summed E-state index contributed by atoms with van der Waals surface area (Å²) in [6, 6.07) is 2.04. The first kappa shape index (κ1) is 12.7. The SMILES string of the molecule is CC1(C)Cc2nc3sc4c(=O)n(N)cnc4c3cc2CO1. The first-order chi connectivity index (χ1) is 9.94. The number of thiophene rings is 1. The molecule has 0 unspecified atom stereocenters. The third kappa shape index (κ3) is 1.85. The van der Waals surface area contributed by atoms with Crippen molar-refractivity contribution in [2.24, 2.45) is 0 Å². The van der Waals surface area contributed by atoms with Crippen LogP contribution in [0.5, 0.6) is 0 Å². The average molecular weight is 302 g/mol. The largest absolute Gasteiger partial charge is 0.370 e.